The molecule has 0 spiro atoms. The smallest absolute Gasteiger partial charge is 0.0312 e. The minimum Gasteiger partial charge on any atom is -0.315 e. The molecule has 0 aliphatic heterocycles. The first-order valence-electron chi connectivity index (χ1n) is 7.11. The van der Waals surface area contributed by atoms with Crippen molar-refractivity contribution in [3.8, 4) is 0 Å². The van der Waals surface area contributed by atoms with Crippen molar-refractivity contribution in [2.45, 2.75) is 39.2 Å². The molecule has 1 aromatic heterocycles. The quantitative estimate of drug-likeness (QED) is 0.646. The highest BCUT2D eigenvalue weighted by molar-refractivity contribution is 5.07. The number of unbranched alkanes of at least 4 members (excludes halogenated alkanes) is 3. The molecule has 0 aromatic carbocycles. The van der Waals surface area contributed by atoms with Crippen LogP contribution in [0.15, 0.2) is 24.5 Å². The van der Waals surface area contributed by atoms with Crippen LogP contribution in [0.4, 0.5) is 0 Å². The number of nitrogens with zero attached hydrogens (tertiary/aromatic N) is 2. The number of hydrogen-bond donors (Lipinski definition) is 1. The van der Waals surface area contributed by atoms with E-state index in [1.807, 2.05) is 18.5 Å². The van der Waals surface area contributed by atoms with Gasteiger partial charge < -0.3 is 10.2 Å². The van der Waals surface area contributed by atoms with E-state index in [-0.39, 0.29) is 0 Å². The maximum atomic E-state index is 4.13. The molecular weight excluding hydrogens is 222 g/mol. The van der Waals surface area contributed by atoms with E-state index < -0.39 is 0 Å². The van der Waals surface area contributed by atoms with Crippen LogP contribution in [0, 0.1) is 0 Å². The Bertz CT molecular complexity index is 287. The molecule has 0 bridgehead atoms. The third-order valence-electron chi connectivity index (χ3n) is 3.05. The van der Waals surface area contributed by atoms with Crippen LogP contribution < -0.4 is 5.32 Å². The van der Waals surface area contributed by atoms with Gasteiger partial charge in [0.05, 0.1) is 0 Å². The lowest BCUT2D eigenvalue weighted by molar-refractivity contribution is 0.323. The summed E-state index contributed by atoms with van der Waals surface area (Å²) in [6.07, 6.45) is 9.10. The van der Waals surface area contributed by atoms with E-state index >= 15 is 0 Å². The average molecular weight is 249 g/mol. The first-order valence-corrected chi connectivity index (χ1v) is 7.11. The Labute approximate surface area is 112 Å². The Morgan fingerprint density at radius 1 is 1.22 bits per heavy atom. The average Bonchev–Trinajstić information content (AvgIpc) is 2.39. The molecule has 18 heavy (non-hydrogen) atoms. The summed E-state index contributed by atoms with van der Waals surface area (Å²) < 4.78 is 0. The van der Waals surface area contributed by atoms with E-state index in [2.05, 4.69) is 35.2 Å². The lowest BCUT2D eigenvalue weighted by Crippen LogP contribution is -2.29. The lowest BCUT2D eigenvalue weighted by atomic mass is 10.2. The van der Waals surface area contributed by atoms with Crippen LogP contribution in [-0.4, -0.2) is 36.6 Å². The van der Waals surface area contributed by atoms with Gasteiger partial charge in [-0.2, -0.15) is 0 Å². The highest BCUT2D eigenvalue weighted by Crippen LogP contribution is 2.00. The highest BCUT2D eigenvalue weighted by atomic mass is 15.1. The minimum atomic E-state index is 0.978. The van der Waals surface area contributed by atoms with Crippen LogP contribution in [0.25, 0.3) is 0 Å². The molecule has 0 fully saturated rings. The highest BCUT2D eigenvalue weighted by Gasteiger charge is 1.99. The minimum absolute atomic E-state index is 0.978. The summed E-state index contributed by atoms with van der Waals surface area (Å²) in [6, 6.07) is 4.12. The summed E-state index contributed by atoms with van der Waals surface area (Å²) in [5, 5.41) is 3.50. The van der Waals surface area contributed by atoms with E-state index in [9.17, 15) is 0 Å². The van der Waals surface area contributed by atoms with Crippen molar-refractivity contribution in [3.63, 3.8) is 0 Å². The van der Waals surface area contributed by atoms with Gasteiger partial charge in [0.25, 0.3) is 0 Å². The van der Waals surface area contributed by atoms with Crippen LogP contribution in [0.3, 0.4) is 0 Å². The van der Waals surface area contributed by atoms with Gasteiger partial charge in [0, 0.05) is 32.0 Å². The third kappa shape index (κ3) is 7.41. The second-order valence-corrected chi connectivity index (χ2v) is 4.91. The largest absolute Gasteiger partial charge is 0.315 e. The fourth-order valence-corrected chi connectivity index (χ4v) is 1.95. The second kappa shape index (κ2) is 10.0. The molecule has 0 saturated heterocycles. The van der Waals surface area contributed by atoms with Gasteiger partial charge >= 0.3 is 0 Å². The van der Waals surface area contributed by atoms with Crippen molar-refractivity contribution in [3.05, 3.63) is 30.1 Å². The summed E-state index contributed by atoms with van der Waals surface area (Å²) in [5.74, 6) is 0. The Balaban J connectivity index is 1.99. The number of hydrogen-bond acceptors (Lipinski definition) is 3. The predicted octanol–water partition coefficient (Wildman–Crippen LogP) is 2.68. The summed E-state index contributed by atoms with van der Waals surface area (Å²) in [5.41, 5.74) is 1.28. The topological polar surface area (TPSA) is 28.2 Å². The number of likely N-dealkylation sites (N-methyl/N-ethyl adjacent to an activating group) is 1. The van der Waals surface area contributed by atoms with Gasteiger partial charge in [0.2, 0.25) is 0 Å². The molecule has 0 amide bonds. The standard InChI is InChI=1S/C15H27N3/c1-3-4-5-6-9-16-11-12-18(2)14-15-8-7-10-17-13-15/h7-8,10,13,16H,3-6,9,11-12,14H2,1-2H3. The SMILES string of the molecule is CCCCCCNCCN(C)Cc1cccnc1. The molecule has 0 aliphatic carbocycles. The van der Waals surface area contributed by atoms with E-state index in [0.717, 1.165) is 26.2 Å². The Morgan fingerprint density at radius 2 is 2.11 bits per heavy atom. The third-order valence-corrected chi connectivity index (χ3v) is 3.05. The molecule has 1 N–H and O–H groups in total. The van der Waals surface area contributed by atoms with Gasteiger partial charge in [-0.1, -0.05) is 32.3 Å². The van der Waals surface area contributed by atoms with Crippen molar-refractivity contribution in [1.82, 2.24) is 15.2 Å². The van der Waals surface area contributed by atoms with Crippen LogP contribution in [-0.2, 0) is 6.54 Å². The molecule has 1 heterocycles. The van der Waals surface area contributed by atoms with Crippen LogP contribution in [0.1, 0.15) is 38.2 Å². The first-order chi connectivity index (χ1) is 8.83. The van der Waals surface area contributed by atoms with Gasteiger partial charge in [-0.05, 0) is 31.6 Å². The van der Waals surface area contributed by atoms with Crippen molar-refractivity contribution in [1.29, 1.82) is 0 Å². The molecule has 0 aliphatic rings. The van der Waals surface area contributed by atoms with Crippen molar-refractivity contribution >= 4 is 0 Å². The van der Waals surface area contributed by atoms with Gasteiger partial charge in [-0.25, -0.2) is 0 Å². The fraction of sp³-hybridized carbons (Fsp3) is 0.667. The van der Waals surface area contributed by atoms with Crippen LogP contribution >= 0.6 is 0 Å². The Hall–Kier alpha value is -0.930. The zero-order valence-corrected chi connectivity index (χ0v) is 11.9. The number of aromatic nitrogens is 1. The number of rotatable bonds is 10. The lowest BCUT2D eigenvalue weighted by Gasteiger charge is -2.16. The maximum absolute atomic E-state index is 4.13. The monoisotopic (exact) mass is 249 g/mol. The zero-order valence-electron chi connectivity index (χ0n) is 11.9. The molecule has 0 unspecified atom stereocenters. The normalized spacial score (nSPS) is 11.1. The van der Waals surface area contributed by atoms with Gasteiger partial charge in [0.1, 0.15) is 0 Å². The molecule has 3 nitrogen and oxygen atoms in total. The Morgan fingerprint density at radius 3 is 2.83 bits per heavy atom. The number of pyridine rings is 1. The van der Waals surface area contributed by atoms with E-state index in [0.29, 0.717) is 0 Å². The summed E-state index contributed by atoms with van der Waals surface area (Å²) in [4.78, 5) is 6.46. The summed E-state index contributed by atoms with van der Waals surface area (Å²) in [6.45, 7) is 6.54. The molecular formula is C15H27N3. The molecule has 0 radical (unpaired) electrons. The summed E-state index contributed by atoms with van der Waals surface area (Å²) >= 11 is 0. The molecule has 102 valence electrons. The predicted molar refractivity (Wildman–Crippen MR) is 77.6 cm³/mol. The van der Waals surface area contributed by atoms with Crippen molar-refractivity contribution < 1.29 is 0 Å². The van der Waals surface area contributed by atoms with Gasteiger partial charge in [-0.15, -0.1) is 0 Å². The zero-order chi connectivity index (χ0) is 13.1. The maximum Gasteiger partial charge on any atom is 0.0312 e. The van der Waals surface area contributed by atoms with Crippen LogP contribution in [0.5, 0.6) is 0 Å². The fourth-order valence-electron chi connectivity index (χ4n) is 1.95. The number of nitrogens with one attached hydrogen (secondary N) is 1. The van der Waals surface area contributed by atoms with E-state index in [1.54, 1.807) is 0 Å². The molecule has 1 rings (SSSR count). The first kappa shape index (κ1) is 15.1. The van der Waals surface area contributed by atoms with Crippen LogP contribution in [0.2, 0.25) is 0 Å². The van der Waals surface area contributed by atoms with E-state index in [1.165, 1.54) is 31.2 Å². The van der Waals surface area contributed by atoms with E-state index in [4.69, 9.17) is 0 Å². The molecule has 1 aromatic rings. The second-order valence-electron chi connectivity index (χ2n) is 4.91. The van der Waals surface area contributed by atoms with Crippen molar-refractivity contribution in [2.75, 3.05) is 26.7 Å². The molecule has 0 atom stereocenters. The summed E-state index contributed by atoms with van der Waals surface area (Å²) in [7, 11) is 2.16. The molecule has 0 saturated carbocycles. The van der Waals surface area contributed by atoms with Gasteiger partial charge in [-0.3, -0.25) is 4.98 Å². The Kier molecular flexibility index (Phi) is 8.43. The molecule has 3 heteroatoms. The van der Waals surface area contributed by atoms with Crippen molar-refractivity contribution in [2.24, 2.45) is 0 Å². The van der Waals surface area contributed by atoms with Gasteiger partial charge in [0.15, 0.2) is 0 Å².